The van der Waals surface area contributed by atoms with Crippen molar-refractivity contribution < 1.29 is 14.6 Å². The Kier molecular flexibility index (Phi) is 4.47. The zero-order valence-corrected chi connectivity index (χ0v) is 12.5. The van der Waals surface area contributed by atoms with Crippen LogP contribution in [0.2, 0.25) is 0 Å². The van der Waals surface area contributed by atoms with Crippen LogP contribution < -0.4 is 4.74 Å². The average Bonchev–Trinajstić information content (AvgIpc) is 2.37. The summed E-state index contributed by atoms with van der Waals surface area (Å²) in [6.45, 7) is 3.18. The number of ether oxygens (including phenoxy) is 1. The van der Waals surface area contributed by atoms with Crippen LogP contribution in [0.5, 0.6) is 5.75 Å². The summed E-state index contributed by atoms with van der Waals surface area (Å²) in [5.41, 5.74) is -0.664. The Bertz CT molecular complexity index is 441. The third-order valence-electron chi connectivity index (χ3n) is 3.38. The molecule has 0 aliphatic carbocycles. The van der Waals surface area contributed by atoms with Crippen molar-refractivity contribution in [2.24, 2.45) is 0 Å². The molecule has 1 aliphatic heterocycles. The van der Waals surface area contributed by atoms with Crippen molar-refractivity contribution in [2.45, 2.75) is 25.4 Å². The fourth-order valence-corrected chi connectivity index (χ4v) is 2.27. The van der Waals surface area contributed by atoms with E-state index in [4.69, 9.17) is 4.74 Å². The highest BCUT2D eigenvalue weighted by Gasteiger charge is 2.41. The quantitative estimate of drug-likeness (QED) is 0.902. The molecular weight excluding hydrogens is 310 g/mol. The van der Waals surface area contributed by atoms with E-state index in [1.807, 2.05) is 31.2 Å². The number of hydrogen-bond donors (Lipinski definition) is 1. The Morgan fingerprint density at radius 3 is 2.63 bits per heavy atom. The fraction of sp³-hybridized carbons (Fsp3) is 0.500. The van der Waals surface area contributed by atoms with Crippen LogP contribution in [-0.4, -0.2) is 41.2 Å². The minimum absolute atomic E-state index is 0.0373. The molecule has 1 amide bonds. The van der Waals surface area contributed by atoms with Crippen molar-refractivity contribution in [3.63, 3.8) is 0 Å². The Morgan fingerprint density at radius 1 is 1.42 bits per heavy atom. The number of amides is 1. The van der Waals surface area contributed by atoms with Gasteiger partial charge in [0.2, 0.25) is 5.91 Å². The van der Waals surface area contributed by atoms with Crippen molar-refractivity contribution in [3.8, 4) is 5.75 Å². The van der Waals surface area contributed by atoms with Gasteiger partial charge in [0.25, 0.3) is 0 Å². The number of rotatable bonds is 5. The topological polar surface area (TPSA) is 49.8 Å². The molecule has 4 nitrogen and oxygen atoms in total. The van der Waals surface area contributed by atoms with Crippen molar-refractivity contribution in [3.05, 3.63) is 28.7 Å². The van der Waals surface area contributed by atoms with Crippen LogP contribution in [0.3, 0.4) is 0 Å². The van der Waals surface area contributed by atoms with Gasteiger partial charge in [-0.2, -0.15) is 0 Å². The number of aliphatic hydroxyl groups is 1. The van der Waals surface area contributed by atoms with Crippen molar-refractivity contribution in [2.75, 3.05) is 19.7 Å². The van der Waals surface area contributed by atoms with E-state index in [1.54, 1.807) is 4.90 Å². The van der Waals surface area contributed by atoms with E-state index in [2.05, 4.69) is 15.9 Å². The van der Waals surface area contributed by atoms with Crippen LogP contribution in [0.25, 0.3) is 0 Å². The standard InChI is InChI=1S/C14H18BrNO3/c1-2-14(18)9-16(10-14)13(17)7-8-19-12-5-3-11(15)4-6-12/h3-6,18H,2,7-10H2,1H3. The second kappa shape index (κ2) is 5.92. The van der Waals surface area contributed by atoms with Gasteiger partial charge >= 0.3 is 0 Å². The molecule has 0 saturated carbocycles. The molecule has 1 aromatic carbocycles. The first kappa shape index (κ1) is 14.3. The highest BCUT2D eigenvalue weighted by atomic mass is 79.9. The number of β-amino-alcohol motifs (C(OH)–C–C–N with tert-alkyl or cyclic N) is 1. The minimum atomic E-state index is -0.664. The van der Waals surface area contributed by atoms with Gasteiger partial charge in [0, 0.05) is 4.47 Å². The zero-order valence-electron chi connectivity index (χ0n) is 10.9. The van der Waals surface area contributed by atoms with E-state index in [-0.39, 0.29) is 5.91 Å². The van der Waals surface area contributed by atoms with E-state index in [9.17, 15) is 9.90 Å². The van der Waals surface area contributed by atoms with Crippen LogP contribution >= 0.6 is 15.9 Å². The summed E-state index contributed by atoms with van der Waals surface area (Å²) >= 11 is 3.35. The van der Waals surface area contributed by atoms with Gasteiger partial charge in [-0.05, 0) is 30.7 Å². The molecule has 1 aliphatic rings. The van der Waals surface area contributed by atoms with Crippen LogP contribution in [0.4, 0.5) is 0 Å². The molecule has 1 heterocycles. The predicted octanol–water partition coefficient (Wildman–Crippen LogP) is 2.20. The molecule has 0 spiro atoms. The highest BCUT2D eigenvalue weighted by molar-refractivity contribution is 9.10. The maximum absolute atomic E-state index is 11.8. The summed E-state index contributed by atoms with van der Waals surface area (Å²) in [5.74, 6) is 0.792. The lowest BCUT2D eigenvalue weighted by atomic mass is 9.91. The third-order valence-corrected chi connectivity index (χ3v) is 3.91. The van der Waals surface area contributed by atoms with Gasteiger partial charge in [-0.25, -0.2) is 0 Å². The molecule has 19 heavy (non-hydrogen) atoms. The molecule has 0 atom stereocenters. The summed E-state index contributed by atoms with van der Waals surface area (Å²) in [7, 11) is 0. The van der Waals surface area contributed by atoms with Crippen molar-refractivity contribution >= 4 is 21.8 Å². The lowest BCUT2D eigenvalue weighted by molar-refractivity contribution is -0.156. The summed E-state index contributed by atoms with van der Waals surface area (Å²) in [4.78, 5) is 13.5. The number of likely N-dealkylation sites (tertiary alicyclic amines) is 1. The van der Waals surface area contributed by atoms with E-state index >= 15 is 0 Å². The van der Waals surface area contributed by atoms with Crippen LogP contribution in [0.15, 0.2) is 28.7 Å². The fourth-order valence-electron chi connectivity index (χ4n) is 2.01. The Labute approximate surface area is 121 Å². The lowest BCUT2D eigenvalue weighted by Crippen LogP contribution is -2.63. The average molecular weight is 328 g/mol. The number of carbonyl (C=O) groups excluding carboxylic acids is 1. The maximum Gasteiger partial charge on any atom is 0.226 e. The SMILES string of the molecule is CCC1(O)CN(C(=O)CCOc2ccc(Br)cc2)C1. The molecular formula is C14H18BrNO3. The van der Waals surface area contributed by atoms with Crippen LogP contribution in [0, 0.1) is 0 Å². The monoisotopic (exact) mass is 327 g/mol. The Morgan fingerprint density at radius 2 is 2.05 bits per heavy atom. The summed E-state index contributed by atoms with van der Waals surface area (Å²) in [6, 6.07) is 7.50. The second-order valence-corrected chi connectivity index (χ2v) is 5.80. The van der Waals surface area contributed by atoms with Gasteiger partial charge in [-0.3, -0.25) is 4.79 Å². The molecule has 1 aromatic rings. The number of hydrogen-bond acceptors (Lipinski definition) is 3. The van der Waals surface area contributed by atoms with Gasteiger partial charge in [0.1, 0.15) is 5.75 Å². The molecule has 1 saturated heterocycles. The largest absolute Gasteiger partial charge is 0.493 e. The van der Waals surface area contributed by atoms with Gasteiger partial charge in [0.15, 0.2) is 0 Å². The molecule has 2 rings (SSSR count). The molecule has 0 bridgehead atoms. The summed E-state index contributed by atoms with van der Waals surface area (Å²) in [5, 5.41) is 9.84. The van der Waals surface area contributed by atoms with E-state index in [1.165, 1.54) is 0 Å². The molecule has 1 N–H and O–H groups in total. The normalized spacial score (nSPS) is 16.9. The molecule has 1 fully saturated rings. The second-order valence-electron chi connectivity index (χ2n) is 4.88. The smallest absolute Gasteiger partial charge is 0.226 e. The predicted molar refractivity (Wildman–Crippen MR) is 76.1 cm³/mol. The highest BCUT2D eigenvalue weighted by Crippen LogP contribution is 2.24. The number of halogens is 1. The Hall–Kier alpha value is -1.07. The molecule has 104 valence electrons. The van der Waals surface area contributed by atoms with E-state index in [0.717, 1.165) is 10.2 Å². The van der Waals surface area contributed by atoms with Gasteiger partial charge < -0.3 is 14.7 Å². The first-order valence-electron chi connectivity index (χ1n) is 6.41. The van der Waals surface area contributed by atoms with Gasteiger partial charge in [-0.15, -0.1) is 0 Å². The van der Waals surface area contributed by atoms with E-state index in [0.29, 0.717) is 32.5 Å². The van der Waals surface area contributed by atoms with E-state index < -0.39 is 5.60 Å². The first-order valence-corrected chi connectivity index (χ1v) is 7.20. The Balaban J connectivity index is 1.69. The van der Waals surface area contributed by atoms with Gasteiger partial charge in [-0.1, -0.05) is 22.9 Å². The third kappa shape index (κ3) is 3.70. The molecule has 0 unspecified atom stereocenters. The number of carbonyl (C=O) groups is 1. The molecule has 5 heteroatoms. The van der Waals surface area contributed by atoms with Crippen molar-refractivity contribution in [1.82, 2.24) is 4.90 Å². The summed E-state index contributed by atoms with van der Waals surface area (Å²) < 4.78 is 6.49. The van der Waals surface area contributed by atoms with Gasteiger partial charge in [0.05, 0.1) is 31.7 Å². The summed E-state index contributed by atoms with van der Waals surface area (Å²) in [6.07, 6.45) is 1.03. The minimum Gasteiger partial charge on any atom is -0.493 e. The van der Waals surface area contributed by atoms with Crippen LogP contribution in [0.1, 0.15) is 19.8 Å². The molecule has 0 radical (unpaired) electrons. The molecule has 0 aromatic heterocycles. The first-order chi connectivity index (χ1) is 9.02. The van der Waals surface area contributed by atoms with Crippen molar-refractivity contribution in [1.29, 1.82) is 0 Å². The maximum atomic E-state index is 11.8. The number of nitrogens with zero attached hydrogens (tertiary/aromatic N) is 1. The lowest BCUT2D eigenvalue weighted by Gasteiger charge is -2.46. The zero-order chi connectivity index (χ0) is 13.9. The number of benzene rings is 1. The van der Waals surface area contributed by atoms with Crippen LogP contribution in [-0.2, 0) is 4.79 Å².